The number of benzene rings is 2. The van der Waals surface area contributed by atoms with Crippen LogP contribution in [0.15, 0.2) is 58.6 Å². The number of aromatic hydroxyl groups is 2. The van der Waals surface area contributed by atoms with Crippen molar-refractivity contribution >= 4 is 39.6 Å². The Labute approximate surface area is 273 Å². The van der Waals surface area contributed by atoms with Crippen molar-refractivity contribution in [1.29, 1.82) is 0 Å². The summed E-state index contributed by atoms with van der Waals surface area (Å²) in [5.74, 6) is -2.06. The summed E-state index contributed by atoms with van der Waals surface area (Å²) in [6, 6.07) is 8.17. The molecule has 3 rings (SSSR count). The summed E-state index contributed by atoms with van der Waals surface area (Å²) in [5.41, 5.74) is 2.24. The molecule has 2 aromatic carbocycles. The number of allylic oxidation sites excluding steroid dienone is 2. The molecule has 0 spiro atoms. The lowest BCUT2D eigenvalue weighted by Gasteiger charge is -2.32. The van der Waals surface area contributed by atoms with Crippen molar-refractivity contribution in [2.24, 2.45) is 11.8 Å². The molecule has 0 aromatic heterocycles. The lowest BCUT2D eigenvalue weighted by Crippen LogP contribution is -2.55. The smallest absolute Gasteiger partial charge is 0.308 e. The van der Waals surface area contributed by atoms with Gasteiger partial charge in [0.2, 0.25) is 17.7 Å². The van der Waals surface area contributed by atoms with Crippen molar-refractivity contribution < 1.29 is 34.1 Å². The molecule has 3 amide bonds. The second kappa shape index (κ2) is 15.9. The molecule has 11 heteroatoms. The SMILES string of the molecule is CC1=CC(C)CC(C)OC(=O)CC(c2ccc(O)cc2)NC(=O)C(Cc2ccc(O)c(Br)c2)N(C)C(=O)C(C)NC(=O)C(C)C1. The fourth-order valence-corrected chi connectivity index (χ4v) is 6.04. The minimum absolute atomic E-state index is 0.0261. The van der Waals surface area contributed by atoms with Crippen molar-refractivity contribution in [3.8, 4) is 11.5 Å². The summed E-state index contributed by atoms with van der Waals surface area (Å²) in [4.78, 5) is 55.2. The average Bonchev–Trinajstić information content (AvgIpc) is 2.95. The number of ether oxygens (including phenoxy) is 1. The van der Waals surface area contributed by atoms with Gasteiger partial charge in [-0.2, -0.15) is 0 Å². The maximum absolute atomic E-state index is 14.0. The van der Waals surface area contributed by atoms with Gasteiger partial charge >= 0.3 is 5.97 Å². The third-order valence-electron chi connectivity index (χ3n) is 7.95. The number of phenolic OH excluding ortho intramolecular Hbond substituents is 2. The van der Waals surface area contributed by atoms with Crippen molar-refractivity contribution in [2.75, 3.05) is 7.05 Å². The number of nitrogens with one attached hydrogen (secondary N) is 2. The largest absolute Gasteiger partial charge is 0.508 e. The van der Waals surface area contributed by atoms with E-state index in [2.05, 4.69) is 32.6 Å². The van der Waals surface area contributed by atoms with Gasteiger partial charge in [-0.1, -0.05) is 43.7 Å². The topological polar surface area (TPSA) is 145 Å². The number of hydrogen-bond acceptors (Lipinski definition) is 7. The van der Waals surface area contributed by atoms with Gasteiger partial charge in [-0.25, -0.2) is 0 Å². The van der Waals surface area contributed by atoms with E-state index < -0.39 is 47.9 Å². The van der Waals surface area contributed by atoms with E-state index in [1.807, 2.05) is 20.8 Å². The zero-order valence-corrected chi connectivity index (χ0v) is 28.3. The molecule has 4 N–H and O–H groups in total. The number of halogens is 1. The van der Waals surface area contributed by atoms with E-state index in [1.165, 1.54) is 30.1 Å². The van der Waals surface area contributed by atoms with Crippen LogP contribution in [0.4, 0.5) is 0 Å². The van der Waals surface area contributed by atoms with Gasteiger partial charge in [0.15, 0.2) is 0 Å². The highest BCUT2D eigenvalue weighted by Crippen LogP contribution is 2.27. The fraction of sp³-hybridized carbons (Fsp3) is 0.471. The molecule has 10 nitrogen and oxygen atoms in total. The first-order valence-corrected chi connectivity index (χ1v) is 15.9. The molecular formula is C34H44BrN3O7. The maximum atomic E-state index is 14.0. The van der Waals surface area contributed by atoms with Crippen molar-refractivity contribution in [3.63, 3.8) is 0 Å². The Balaban J connectivity index is 2.03. The second-order valence-corrected chi connectivity index (χ2v) is 13.0. The summed E-state index contributed by atoms with van der Waals surface area (Å²) in [6.45, 7) is 9.17. The molecule has 0 fully saturated rings. The summed E-state index contributed by atoms with van der Waals surface area (Å²) in [7, 11) is 1.50. The number of amides is 3. The molecule has 1 aliphatic rings. The molecule has 0 saturated carbocycles. The standard InChI is InChI=1S/C34H44BrN3O7/c1-19-13-20(2)15-22(4)45-31(41)18-28(25-8-10-26(39)11-9-25)37-33(43)29(17-24-7-12-30(40)27(35)16-24)38(6)34(44)23(5)36-32(42)21(3)14-19/h7-13,16,20-23,28-29,39-40H,14-15,17-18H2,1-6H3,(H,36,42)(H,37,43). The zero-order valence-electron chi connectivity index (χ0n) is 26.7. The third-order valence-corrected chi connectivity index (χ3v) is 8.59. The van der Waals surface area contributed by atoms with E-state index >= 15 is 0 Å². The van der Waals surface area contributed by atoms with Gasteiger partial charge in [0.25, 0.3) is 0 Å². The monoisotopic (exact) mass is 685 g/mol. The van der Waals surface area contributed by atoms with E-state index in [0.717, 1.165) is 5.57 Å². The Morgan fingerprint density at radius 3 is 2.24 bits per heavy atom. The van der Waals surface area contributed by atoms with Crippen LogP contribution in [0.2, 0.25) is 0 Å². The predicted octanol–water partition coefficient (Wildman–Crippen LogP) is 4.93. The Morgan fingerprint density at radius 2 is 1.60 bits per heavy atom. The molecule has 45 heavy (non-hydrogen) atoms. The number of rotatable bonds is 3. The van der Waals surface area contributed by atoms with Crippen LogP contribution in [0, 0.1) is 11.8 Å². The molecule has 6 atom stereocenters. The van der Waals surface area contributed by atoms with Gasteiger partial charge in [0, 0.05) is 19.4 Å². The molecule has 1 heterocycles. The van der Waals surface area contributed by atoms with Gasteiger partial charge in [-0.15, -0.1) is 0 Å². The molecule has 2 aromatic rings. The number of carbonyl (C=O) groups excluding carboxylic acids is 4. The van der Waals surface area contributed by atoms with Crippen LogP contribution in [0.5, 0.6) is 11.5 Å². The first-order chi connectivity index (χ1) is 21.1. The first kappa shape index (κ1) is 35.6. The lowest BCUT2D eigenvalue weighted by atomic mass is 9.95. The minimum atomic E-state index is -1.05. The maximum Gasteiger partial charge on any atom is 0.308 e. The summed E-state index contributed by atoms with van der Waals surface area (Å²) in [6.07, 6.45) is 2.63. The predicted molar refractivity (Wildman–Crippen MR) is 174 cm³/mol. The third kappa shape index (κ3) is 10.3. The number of nitrogens with zero attached hydrogens (tertiary/aromatic N) is 1. The first-order valence-electron chi connectivity index (χ1n) is 15.1. The molecule has 0 saturated heterocycles. The molecule has 0 aliphatic carbocycles. The van der Waals surface area contributed by atoms with Crippen LogP contribution in [0.1, 0.15) is 71.0 Å². The molecule has 0 radical (unpaired) electrons. The van der Waals surface area contributed by atoms with Gasteiger partial charge in [0.05, 0.1) is 23.0 Å². The van der Waals surface area contributed by atoms with Crippen LogP contribution in [-0.2, 0) is 30.3 Å². The summed E-state index contributed by atoms with van der Waals surface area (Å²) in [5, 5.41) is 25.6. The highest BCUT2D eigenvalue weighted by molar-refractivity contribution is 9.10. The van der Waals surface area contributed by atoms with E-state index in [4.69, 9.17) is 4.74 Å². The van der Waals surface area contributed by atoms with Crippen molar-refractivity contribution in [3.05, 3.63) is 69.7 Å². The van der Waals surface area contributed by atoms with E-state index in [9.17, 15) is 29.4 Å². The molecule has 0 bridgehead atoms. The van der Waals surface area contributed by atoms with Crippen LogP contribution in [0.3, 0.4) is 0 Å². The second-order valence-electron chi connectivity index (χ2n) is 12.2. The Hall–Kier alpha value is -3.86. The highest BCUT2D eigenvalue weighted by atomic mass is 79.9. The summed E-state index contributed by atoms with van der Waals surface area (Å²) < 4.78 is 6.17. The number of likely N-dealkylation sites (N-methyl/N-ethyl adjacent to an activating group) is 1. The summed E-state index contributed by atoms with van der Waals surface area (Å²) >= 11 is 3.30. The number of phenols is 2. The van der Waals surface area contributed by atoms with E-state index in [-0.39, 0.29) is 36.2 Å². The van der Waals surface area contributed by atoms with Gasteiger partial charge in [-0.3, -0.25) is 19.2 Å². The van der Waals surface area contributed by atoms with Gasteiger partial charge in [0.1, 0.15) is 23.6 Å². The van der Waals surface area contributed by atoms with Gasteiger partial charge in [-0.05, 0) is 90.9 Å². The van der Waals surface area contributed by atoms with E-state index in [0.29, 0.717) is 28.4 Å². The minimum Gasteiger partial charge on any atom is -0.508 e. The normalized spacial score (nSPS) is 26.5. The Morgan fingerprint density at radius 1 is 0.933 bits per heavy atom. The molecule has 1 aliphatic heterocycles. The molecule has 244 valence electrons. The molecule has 6 unspecified atom stereocenters. The van der Waals surface area contributed by atoms with Crippen LogP contribution < -0.4 is 10.6 Å². The lowest BCUT2D eigenvalue weighted by molar-refractivity contribution is -0.149. The fourth-order valence-electron chi connectivity index (χ4n) is 5.62. The van der Waals surface area contributed by atoms with Gasteiger partial charge < -0.3 is 30.5 Å². The van der Waals surface area contributed by atoms with Crippen LogP contribution in [0.25, 0.3) is 0 Å². The highest BCUT2D eigenvalue weighted by Gasteiger charge is 2.33. The van der Waals surface area contributed by atoms with Crippen LogP contribution in [-0.4, -0.2) is 64.0 Å². The average molecular weight is 687 g/mol. The number of cyclic esters (lactones) is 1. The molecular weight excluding hydrogens is 642 g/mol. The quantitative estimate of drug-likeness (QED) is 0.265. The number of carbonyl (C=O) groups is 4. The van der Waals surface area contributed by atoms with Crippen LogP contribution >= 0.6 is 15.9 Å². The Bertz CT molecular complexity index is 1410. The van der Waals surface area contributed by atoms with Crippen molar-refractivity contribution in [2.45, 2.75) is 84.5 Å². The number of hydrogen-bond donors (Lipinski definition) is 4. The van der Waals surface area contributed by atoms with Crippen molar-refractivity contribution in [1.82, 2.24) is 15.5 Å². The Kier molecular flexibility index (Phi) is 12.6. The zero-order chi connectivity index (χ0) is 33.4. The van der Waals surface area contributed by atoms with E-state index in [1.54, 1.807) is 38.1 Å². The number of esters is 1.